The maximum Gasteiger partial charge on any atom is 0.277 e. The third-order valence-corrected chi connectivity index (χ3v) is 3.85. The van der Waals surface area contributed by atoms with E-state index in [-0.39, 0.29) is 28.3 Å². The molecule has 0 aromatic heterocycles. The molecule has 1 amide bonds. The molecule has 0 aliphatic heterocycles. The van der Waals surface area contributed by atoms with Crippen LogP contribution < -0.4 is 10.2 Å². The number of hydrogen-bond donors (Lipinski definition) is 1. The smallest absolute Gasteiger partial charge is 0.277 e. The van der Waals surface area contributed by atoms with Crippen LogP contribution in [0.25, 0.3) is 0 Å². The van der Waals surface area contributed by atoms with Gasteiger partial charge in [0.1, 0.15) is 0 Å². The van der Waals surface area contributed by atoms with E-state index in [1.54, 1.807) is 0 Å². The Hall–Kier alpha value is -0.970. The van der Waals surface area contributed by atoms with Crippen molar-refractivity contribution >= 4 is 46.4 Å². The Morgan fingerprint density at radius 3 is 2.43 bits per heavy atom. The number of nitrogens with zero attached hydrogens (tertiary/aromatic N) is 1. The summed E-state index contributed by atoms with van der Waals surface area (Å²) < 4.78 is 5.33. The van der Waals surface area contributed by atoms with Gasteiger partial charge in [-0.2, -0.15) is 5.10 Å². The molecule has 4 nitrogen and oxygen atoms in total. The van der Waals surface area contributed by atoms with Gasteiger partial charge in [0.05, 0.1) is 10.0 Å². The molecule has 0 unspecified atom stereocenters. The highest BCUT2D eigenvalue weighted by Crippen LogP contribution is 2.35. The Kier molecular flexibility index (Phi) is 9.37. The maximum atomic E-state index is 11.7. The number of nitrogens with one attached hydrogen (secondary N) is 1. The summed E-state index contributed by atoms with van der Waals surface area (Å²) in [6, 6.07) is 3.00. The average molecular weight is 380 g/mol. The van der Waals surface area contributed by atoms with Gasteiger partial charge < -0.3 is 4.74 Å². The molecule has 7 heteroatoms. The molecule has 1 rings (SSSR count). The predicted molar refractivity (Wildman–Crippen MR) is 97.0 cm³/mol. The van der Waals surface area contributed by atoms with Gasteiger partial charge in [0.15, 0.2) is 12.4 Å². The van der Waals surface area contributed by atoms with E-state index >= 15 is 0 Å². The fraction of sp³-hybridized carbons (Fsp3) is 0.500. The van der Waals surface area contributed by atoms with E-state index < -0.39 is 0 Å². The standard InChI is InChI=1S/C16H21Cl3N2O2/c1-3-4-5-6-7-11(2)20-21-15(22)10-23-16-13(18)8-12(17)9-14(16)19/h8-9H,3-7,10H2,1-2H3,(H,21,22)/b20-11-. The number of rotatable bonds is 9. The Balaban J connectivity index is 2.40. The lowest BCUT2D eigenvalue weighted by Gasteiger charge is -2.09. The maximum absolute atomic E-state index is 11.7. The second-order valence-corrected chi connectivity index (χ2v) is 6.43. The summed E-state index contributed by atoms with van der Waals surface area (Å²) in [6.45, 7) is 3.83. The molecule has 0 spiro atoms. The van der Waals surface area contributed by atoms with Crippen molar-refractivity contribution in [3.63, 3.8) is 0 Å². The Morgan fingerprint density at radius 2 is 1.83 bits per heavy atom. The number of halogens is 3. The van der Waals surface area contributed by atoms with Gasteiger partial charge in [0, 0.05) is 10.7 Å². The van der Waals surface area contributed by atoms with Crippen molar-refractivity contribution in [2.24, 2.45) is 5.10 Å². The molecule has 1 aromatic rings. The number of carbonyl (C=O) groups excluding carboxylic acids is 1. The van der Waals surface area contributed by atoms with Crippen LogP contribution in [-0.4, -0.2) is 18.2 Å². The highest BCUT2D eigenvalue weighted by atomic mass is 35.5. The Labute approximate surface area is 152 Å². The van der Waals surface area contributed by atoms with Crippen LogP contribution in [-0.2, 0) is 4.79 Å². The zero-order chi connectivity index (χ0) is 17.2. The number of carbonyl (C=O) groups is 1. The number of benzene rings is 1. The van der Waals surface area contributed by atoms with Crippen molar-refractivity contribution in [1.29, 1.82) is 0 Å². The SMILES string of the molecule is CCCCCC/C(C)=N\NC(=O)COc1c(Cl)cc(Cl)cc1Cl. The summed E-state index contributed by atoms with van der Waals surface area (Å²) in [5.41, 5.74) is 3.34. The second kappa shape index (κ2) is 10.7. The molecule has 0 radical (unpaired) electrons. The van der Waals surface area contributed by atoms with Gasteiger partial charge in [-0.3, -0.25) is 4.79 Å². The van der Waals surface area contributed by atoms with Gasteiger partial charge in [-0.1, -0.05) is 61.0 Å². The summed E-state index contributed by atoms with van der Waals surface area (Å²) >= 11 is 17.8. The third-order valence-electron chi connectivity index (χ3n) is 3.07. The average Bonchev–Trinajstić information content (AvgIpc) is 2.48. The van der Waals surface area contributed by atoms with Crippen molar-refractivity contribution in [3.05, 3.63) is 27.2 Å². The molecule has 0 saturated heterocycles. The zero-order valence-corrected chi connectivity index (χ0v) is 15.6. The van der Waals surface area contributed by atoms with E-state index in [1.165, 1.54) is 31.4 Å². The molecule has 0 bridgehead atoms. The van der Waals surface area contributed by atoms with Crippen LogP contribution >= 0.6 is 34.8 Å². The quantitative estimate of drug-likeness (QED) is 0.350. The van der Waals surface area contributed by atoms with Crippen molar-refractivity contribution in [3.8, 4) is 5.75 Å². The van der Waals surface area contributed by atoms with E-state index in [9.17, 15) is 4.79 Å². The summed E-state index contributed by atoms with van der Waals surface area (Å²) in [5.74, 6) is -0.145. The third kappa shape index (κ3) is 7.91. The topological polar surface area (TPSA) is 50.7 Å². The lowest BCUT2D eigenvalue weighted by molar-refractivity contribution is -0.123. The molecule has 0 atom stereocenters. The van der Waals surface area contributed by atoms with Crippen LogP contribution in [0.1, 0.15) is 46.0 Å². The minimum Gasteiger partial charge on any atom is -0.481 e. The lowest BCUT2D eigenvalue weighted by atomic mass is 10.1. The summed E-state index contributed by atoms with van der Waals surface area (Å²) in [5, 5.41) is 4.96. The molecule has 0 fully saturated rings. The van der Waals surface area contributed by atoms with Gasteiger partial charge in [0.2, 0.25) is 0 Å². The van der Waals surface area contributed by atoms with Crippen molar-refractivity contribution in [2.45, 2.75) is 46.0 Å². The number of amides is 1. The summed E-state index contributed by atoms with van der Waals surface area (Å²) in [4.78, 5) is 11.7. The first-order chi connectivity index (χ1) is 10.9. The molecule has 128 valence electrons. The van der Waals surface area contributed by atoms with Crippen LogP contribution in [0.5, 0.6) is 5.75 Å². The summed E-state index contributed by atoms with van der Waals surface area (Å²) in [7, 11) is 0. The van der Waals surface area contributed by atoms with E-state index in [1.807, 2.05) is 6.92 Å². The van der Waals surface area contributed by atoms with Crippen LogP contribution in [0, 0.1) is 0 Å². The van der Waals surface area contributed by atoms with Crippen molar-refractivity contribution in [1.82, 2.24) is 5.43 Å². The zero-order valence-electron chi connectivity index (χ0n) is 13.3. The Morgan fingerprint density at radius 1 is 1.17 bits per heavy atom. The van der Waals surface area contributed by atoms with E-state index in [0.717, 1.165) is 18.6 Å². The molecule has 0 heterocycles. The van der Waals surface area contributed by atoms with E-state index in [0.29, 0.717) is 5.02 Å². The molecule has 1 N–H and O–H groups in total. The van der Waals surface area contributed by atoms with Crippen LogP contribution in [0.4, 0.5) is 0 Å². The molecule has 23 heavy (non-hydrogen) atoms. The first-order valence-corrected chi connectivity index (χ1v) is 8.66. The molecular weight excluding hydrogens is 359 g/mol. The van der Waals surface area contributed by atoms with E-state index in [4.69, 9.17) is 39.5 Å². The number of hydrazone groups is 1. The molecule has 1 aromatic carbocycles. The second-order valence-electron chi connectivity index (χ2n) is 5.18. The number of hydrogen-bond acceptors (Lipinski definition) is 3. The Bertz CT molecular complexity index is 539. The highest BCUT2D eigenvalue weighted by molar-refractivity contribution is 6.40. The minimum absolute atomic E-state index is 0.228. The van der Waals surface area contributed by atoms with Crippen molar-refractivity contribution in [2.75, 3.05) is 6.61 Å². The first-order valence-electron chi connectivity index (χ1n) is 7.53. The molecule has 0 saturated carbocycles. The number of unbranched alkanes of at least 4 members (excludes halogenated alkanes) is 3. The van der Waals surface area contributed by atoms with Gasteiger partial charge >= 0.3 is 0 Å². The fourth-order valence-corrected chi connectivity index (χ4v) is 2.78. The largest absolute Gasteiger partial charge is 0.481 e. The number of ether oxygens (including phenoxy) is 1. The monoisotopic (exact) mass is 378 g/mol. The fourth-order valence-electron chi connectivity index (χ4n) is 1.86. The summed E-state index contributed by atoms with van der Waals surface area (Å²) in [6.07, 6.45) is 5.53. The van der Waals surface area contributed by atoms with Gasteiger partial charge in [-0.25, -0.2) is 5.43 Å². The van der Waals surface area contributed by atoms with Gasteiger partial charge in [-0.15, -0.1) is 0 Å². The van der Waals surface area contributed by atoms with Gasteiger partial charge in [0.25, 0.3) is 5.91 Å². The predicted octanol–water partition coefficient (Wildman–Crippen LogP) is 5.49. The highest BCUT2D eigenvalue weighted by Gasteiger charge is 2.11. The van der Waals surface area contributed by atoms with Crippen LogP contribution in [0.15, 0.2) is 17.2 Å². The van der Waals surface area contributed by atoms with Crippen molar-refractivity contribution < 1.29 is 9.53 Å². The molecule has 0 aliphatic rings. The van der Waals surface area contributed by atoms with Crippen LogP contribution in [0.2, 0.25) is 15.1 Å². The molecule has 0 aliphatic carbocycles. The first kappa shape index (κ1) is 20.1. The molecular formula is C16H21Cl3N2O2. The van der Waals surface area contributed by atoms with E-state index in [2.05, 4.69) is 17.5 Å². The minimum atomic E-state index is -0.375. The van der Waals surface area contributed by atoms with Crippen LogP contribution in [0.3, 0.4) is 0 Å². The normalized spacial score (nSPS) is 11.4. The van der Waals surface area contributed by atoms with Gasteiger partial charge in [-0.05, 0) is 31.9 Å². The lowest BCUT2D eigenvalue weighted by Crippen LogP contribution is -2.25.